The van der Waals surface area contributed by atoms with Crippen LogP contribution in [0, 0.1) is 0 Å². The summed E-state index contributed by atoms with van der Waals surface area (Å²) >= 11 is 0. The predicted octanol–water partition coefficient (Wildman–Crippen LogP) is 4.89. The molecule has 10 heteroatoms. The zero-order valence-corrected chi connectivity index (χ0v) is 25.4. The lowest BCUT2D eigenvalue weighted by Crippen LogP contribution is -2.44. The lowest BCUT2D eigenvalue weighted by Gasteiger charge is -2.34. The van der Waals surface area contributed by atoms with Crippen molar-refractivity contribution in [3.63, 3.8) is 0 Å². The van der Waals surface area contributed by atoms with E-state index in [1.54, 1.807) is 50.7 Å². The first kappa shape index (κ1) is 28.7. The van der Waals surface area contributed by atoms with Crippen LogP contribution >= 0.6 is 0 Å². The number of hydrogen-bond acceptors (Lipinski definition) is 8. The molecular weight excluding hydrogens is 562 g/mol. The molecule has 0 saturated carbocycles. The third-order valence-corrected chi connectivity index (χ3v) is 9.63. The molecule has 43 heavy (non-hydrogen) atoms. The molecule has 0 unspecified atom stereocenters. The molecule has 1 aliphatic rings. The van der Waals surface area contributed by atoms with Crippen molar-refractivity contribution in [2.75, 3.05) is 52.3 Å². The van der Waals surface area contributed by atoms with Crippen LogP contribution in [0.25, 0.3) is 22.4 Å². The Morgan fingerprint density at radius 1 is 0.814 bits per heavy atom. The number of benzene rings is 3. The molecule has 1 fully saturated rings. The number of methoxy groups -OCH3 is 2. The first-order chi connectivity index (χ1) is 20.9. The van der Waals surface area contributed by atoms with E-state index in [1.165, 1.54) is 3.97 Å². The number of hydrogen-bond donors (Lipinski definition) is 0. The van der Waals surface area contributed by atoms with E-state index in [9.17, 15) is 8.42 Å². The Hall–Kier alpha value is -4.41. The van der Waals surface area contributed by atoms with Crippen molar-refractivity contribution in [3.8, 4) is 22.8 Å². The lowest BCUT2D eigenvalue weighted by molar-refractivity contribution is 0.313. The normalized spacial score (nSPS) is 14.3. The maximum atomic E-state index is 14.0. The minimum absolute atomic E-state index is 0.195. The Morgan fingerprint density at radius 3 is 2.14 bits per heavy atom. The van der Waals surface area contributed by atoms with Crippen molar-refractivity contribution >= 4 is 26.9 Å². The molecule has 3 heterocycles. The quantitative estimate of drug-likeness (QED) is 0.237. The third-order valence-electron chi connectivity index (χ3n) is 7.91. The number of fused-ring (bicyclic) bond motifs is 1. The summed E-state index contributed by atoms with van der Waals surface area (Å²) in [6.07, 6.45) is 2.97. The SMILES string of the molecule is COc1cc(CCc2cnc3c(cc(-c4ccc(N5CCN(C)CC5)cc4)n3S(=O)(=O)c3ccccc3)n2)cc(OC)c1. The Kier molecular flexibility index (Phi) is 8.05. The van der Waals surface area contributed by atoms with Crippen molar-refractivity contribution < 1.29 is 17.9 Å². The highest BCUT2D eigenvalue weighted by Gasteiger charge is 2.26. The van der Waals surface area contributed by atoms with Crippen molar-refractivity contribution in [2.45, 2.75) is 17.7 Å². The van der Waals surface area contributed by atoms with Gasteiger partial charge in [-0.05, 0) is 73.5 Å². The number of aromatic nitrogens is 3. The summed E-state index contributed by atoms with van der Waals surface area (Å²) in [6.45, 7) is 3.93. The number of anilines is 1. The summed E-state index contributed by atoms with van der Waals surface area (Å²) in [6, 6.07) is 24.1. The average Bonchev–Trinajstić information content (AvgIpc) is 3.44. The van der Waals surface area contributed by atoms with Gasteiger partial charge in [0, 0.05) is 37.9 Å². The van der Waals surface area contributed by atoms with Gasteiger partial charge in [-0.15, -0.1) is 0 Å². The Balaban J connectivity index is 1.37. The van der Waals surface area contributed by atoms with Gasteiger partial charge in [-0.25, -0.2) is 22.4 Å². The molecule has 222 valence electrons. The van der Waals surface area contributed by atoms with Gasteiger partial charge in [0.15, 0.2) is 5.65 Å². The molecule has 2 aromatic heterocycles. The van der Waals surface area contributed by atoms with Crippen molar-refractivity contribution in [3.05, 3.63) is 96.3 Å². The van der Waals surface area contributed by atoms with E-state index in [-0.39, 0.29) is 4.90 Å². The van der Waals surface area contributed by atoms with E-state index in [0.717, 1.165) is 60.2 Å². The van der Waals surface area contributed by atoms with Crippen LogP contribution in [0.4, 0.5) is 5.69 Å². The minimum atomic E-state index is -3.95. The van der Waals surface area contributed by atoms with E-state index in [2.05, 4.69) is 34.0 Å². The molecule has 5 aromatic rings. The first-order valence-electron chi connectivity index (χ1n) is 14.3. The zero-order valence-electron chi connectivity index (χ0n) is 24.6. The van der Waals surface area contributed by atoms with Crippen molar-refractivity contribution in [1.29, 1.82) is 0 Å². The molecule has 9 nitrogen and oxygen atoms in total. The highest BCUT2D eigenvalue weighted by molar-refractivity contribution is 7.90. The smallest absolute Gasteiger partial charge is 0.269 e. The Morgan fingerprint density at radius 2 is 1.49 bits per heavy atom. The van der Waals surface area contributed by atoms with Crippen molar-refractivity contribution in [2.24, 2.45) is 0 Å². The van der Waals surface area contributed by atoms with E-state index in [0.29, 0.717) is 29.7 Å². The second kappa shape index (κ2) is 12.1. The minimum Gasteiger partial charge on any atom is -0.497 e. The number of aryl methyl sites for hydroxylation is 2. The van der Waals surface area contributed by atoms with Gasteiger partial charge in [-0.3, -0.25) is 0 Å². The largest absolute Gasteiger partial charge is 0.497 e. The van der Waals surface area contributed by atoms with Crippen LogP contribution in [0.5, 0.6) is 11.5 Å². The van der Waals surface area contributed by atoms with E-state index < -0.39 is 10.0 Å². The average molecular weight is 598 g/mol. The fourth-order valence-corrected chi connectivity index (χ4v) is 6.94. The van der Waals surface area contributed by atoms with Crippen molar-refractivity contribution in [1.82, 2.24) is 18.8 Å². The molecule has 0 spiro atoms. The molecule has 6 rings (SSSR count). The second-order valence-electron chi connectivity index (χ2n) is 10.7. The topological polar surface area (TPSA) is 89.8 Å². The molecule has 0 bridgehead atoms. The number of piperazine rings is 1. The molecule has 3 aromatic carbocycles. The summed E-state index contributed by atoms with van der Waals surface area (Å²) in [5.41, 5.74) is 5.06. The van der Waals surface area contributed by atoms with Crippen LogP contribution in [0.2, 0.25) is 0 Å². The molecular formula is C33H35N5O4S. The van der Waals surface area contributed by atoms with Gasteiger partial charge in [-0.1, -0.05) is 30.3 Å². The lowest BCUT2D eigenvalue weighted by atomic mass is 10.1. The standard InChI is InChI=1S/C33H35N5O4S/c1-36-15-17-37(18-16-36)27-13-10-25(11-14-27)32-22-31-33(38(32)43(39,40)30-7-5-4-6-8-30)34-23-26(35-31)12-9-24-19-28(41-2)21-29(20-24)42-3/h4-8,10-11,13-14,19-23H,9,12,15-18H2,1-3H3. The third kappa shape index (κ3) is 5.93. The predicted molar refractivity (Wildman–Crippen MR) is 169 cm³/mol. The molecule has 1 saturated heterocycles. The number of nitrogens with zero attached hydrogens (tertiary/aromatic N) is 5. The molecule has 0 aliphatic carbocycles. The molecule has 0 radical (unpaired) electrons. The zero-order chi connectivity index (χ0) is 30.0. The van der Waals surface area contributed by atoms with Gasteiger partial charge in [0.05, 0.1) is 36.7 Å². The van der Waals surface area contributed by atoms with Gasteiger partial charge < -0.3 is 19.3 Å². The molecule has 0 atom stereocenters. The summed E-state index contributed by atoms with van der Waals surface area (Å²) in [5, 5.41) is 0. The second-order valence-corrected chi connectivity index (χ2v) is 12.5. The fourth-order valence-electron chi connectivity index (χ4n) is 5.44. The van der Waals surface area contributed by atoms with Gasteiger partial charge in [0.2, 0.25) is 0 Å². The van der Waals surface area contributed by atoms with Gasteiger partial charge in [0.25, 0.3) is 10.0 Å². The fraction of sp³-hybridized carbons (Fsp3) is 0.273. The first-order valence-corrected chi connectivity index (χ1v) is 15.7. The highest BCUT2D eigenvalue weighted by Crippen LogP contribution is 2.32. The maximum absolute atomic E-state index is 14.0. The van der Waals surface area contributed by atoms with Crippen LogP contribution in [-0.2, 0) is 22.9 Å². The van der Waals surface area contributed by atoms with Crippen LogP contribution in [0.15, 0.2) is 90.0 Å². The van der Waals surface area contributed by atoms with Crippen LogP contribution < -0.4 is 14.4 Å². The maximum Gasteiger partial charge on any atom is 0.269 e. The Bertz CT molecular complexity index is 1810. The van der Waals surface area contributed by atoms with Crippen LogP contribution in [0.1, 0.15) is 11.3 Å². The number of likely N-dealkylation sites (N-methyl/N-ethyl adjacent to an activating group) is 1. The number of ether oxygens (including phenoxy) is 2. The molecule has 0 N–H and O–H groups in total. The van der Waals surface area contributed by atoms with Gasteiger partial charge in [-0.2, -0.15) is 0 Å². The van der Waals surface area contributed by atoms with E-state index in [4.69, 9.17) is 14.5 Å². The van der Waals surface area contributed by atoms with Gasteiger partial charge in [0.1, 0.15) is 17.0 Å². The van der Waals surface area contributed by atoms with E-state index >= 15 is 0 Å². The summed E-state index contributed by atoms with van der Waals surface area (Å²) < 4.78 is 40.2. The van der Waals surface area contributed by atoms with E-state index in [1.807, 2.05) is 36.4 Å². The molecule has 0 amide bonds. The Labute approximate surface area is 252 Å². The summed E-state index contributed by atoms with van der Waals surface area (Å²) in [4.78, 5) is 14.4. The van der Waals surface area contributed by atoms with Crippen LogP contribution in [-0.4, -0.2) is 74.7 Å². The number of rotatable bonds is 9. The summed E-state index contributed by atoms with van der Waals surface area (Å²) in [7, 11) is 1.44. The summed E-state index contributed by atoms with van der Waals surface area (Å²) in [5.74, 6) is 1.45. The van der Waals surface area contributed by atoms with Gasteiger partial charge >= 0.3 is 0 Å². The van der Waals surface area contributed by atoms with Crippen LogP contribution in [0.3, 0.4) is 0 Å². The molecule has 1 aliphatic heterocycles. The monoisotopic (exact) mass is 597 g/mol. The highest BCUT2D eigenvalue weighted by atomic mass is 32.2.